The summed E-state index contributed by atoms with van der Waals surface area (Å²) in [6.45, 7) is 0. The summed E-state index contributed by atoms with van der Waals surface area (Å²) in [6.07, 6.45) is 1.53. The number of methoxy groups -OCH3 is 1. The SMILES string of the molecule is COc1cccc(/C=N\NC(=O)c2ccc(O)cc2)c1. The molecule has 0 saturated carbocycles. The van der Waals surface area contributed by atoms with Gasteiger partial charge in [-0.3, -0.25) is 4.79 Å². The molecule has 2 aromatic rings. The smallest absolute Gasteiger partial charge is 0.271 e. The van der Waals surface area contributed by atoms with Gasteiger partial charge in [-0.1, -0.05) is 12.1 Å². The highest BCUT2D eigenvalue weighted by molar-refractivity contribution is 5.95. The maximum absolute atomic E-state index is 11.7. The van der Waals surface area contributed by atoms with Crippen LogP contribution in [0.4, 0.5) is 0 Å². The maximum atomic E-state index is 11.7. The summed E-state index contributed by atoms with van der Waals surface area (Å²) in [5, 5.41) is 13.0. The Kier molecular flexibility index (Phi) is 4.34. The van der Waals surface area contributed by atoms with Gasteiger partial charge in [-0.15, -0.1) is 0 Å². The number of phenolic OH excluding ortho intramolecular Hbond substituents is 1. The van der Waals surface area contributed by atoms with Crippen molar-refractivity contribution in [2.45, 2.75) is 0 Å². The van der Waals surface area contributed by atoms with E-state index in [0.29, 0.717) is 5.56 Å². The molecule has 0 bridgehead atoms. The van der Waals surface area contributed by atoms with Crippen molar-refractivity contribution >= 4 is 12.1 Å². The average Bonchev–Trinajstić information content (AvgIpc) is 2.48. The highest BCUT2D eigenvalue weighted by Crippen LogP contribution is 2.11. The van der Waals surface area contributed by atoms with Crippen LogP contribution in [0.1, 0.15) is 15.9 Å². The van der Waals surface area contributed by atoms with Gasteiger partial charge in [0.1, 0.15) is 11.5 Å². The van der Waals surface area contributed by atoms with Crippen LogP contribution in [0, 0.1) is 0 Å². The van der Waals surface area contributed by atoms with Gasteiger partial charge in [-0.05, 0) is 42.0 Å². The van der Waals surface area contributed by atoms with Crippen molar-refractivity contribution in [1.29, 1.82) is 0 Å². The molecule has 0 unspecified atom stereocenters. The molecular formula is C15H14N2O3. The van der Waals surface area contributed by atoms with E-state index in [1.807, 2.05) is 18.2 Å². The molecule has 2 rings (SSSR count). The summed E-state index contributed by atoms with van der Waals surface area (Å²) in [5.41, 5.74) is 3.65. The molecule has 2 aromatic carbocycles. The van der Waals surface area contributed by atoms with Crippen LogP contribution in [0.5, 0.6) is 11.5 Å². The van der Waals surface area contributed by atoms with Crippen molar-refractivity contribution in [1.82, 2.24) is 5.43 Å². The number of hydrogen-bond acceptors (Lipinski definition) is 4. The standard InChI is InChI=1S/C15H14N2O3/c1-20-14-4-2-3-11(9-14)10-16-17-15(19)12-5-7-13(18)8-6-12/h2-10,18H,1H3,(H,17,19)/b16-10-. The van der Waals surface area contributed by atoms with Gasteiger partial charge in [0.25, 0.3) is 5.91 Å². The minimum Gasteiger partial charge on any atom is -0.508 e. The van der Waals surface area contributed by atoms with Crippen LogP contribution in [-0.2, 0) is 0 Å². The molecule has 0 saturated heterocycles. The summed E-state index contributed by atoms with van der Waals surface area (Å²) in [5.74, 6) is 0.490. The Morgan fingerprint density at radius 2 is 2.00 bits per heavy atom. The van der Waals surface area contributed by atoms with Gasteiger partial charge < -0.3 is 9.84 Å². The normalized spacial score (nSPS) is 10.4. The van der Waals surface area contributed by atoms with E-state index in [-0.39, 0.29) is 11.7 Å². The zero-order valence-electron chi connectivity index (χ0n) is 10.9. The van der Waals surface area contributed by atoms with E-state index in [2.05, 4.69) is 10.5 Å². The quantitative estimate of drug-likeness (QED) is 0.660. The molecule has 0 spiro atoms. The van der Waals surface area contributed by atoms with Crippen LogP contribution >= 0.6 is 0 Å². The largest absolute Gasteiger partial charge is 0.508 e. The van der Waals surface area contributed by atoms with Gasteiger partial charge in [0.05, 0.1) is 13.3 Å². The lowest BCUT2D eigenvalue weighted by Gasteiger charge is -2.01. The third-order valence-corrected chi connectivity index (χ3v) is 2.60. The molecule has 0 heterocycles. The molecular weight excluding hydrogens is 256 g/mol. The van der Waals surface area contributed by atoms with Crippen molar-refractivity contribution in [2.24, 2.45) is 5.10 Å². The maximum Gasteiger partial charge on any atom is 0.271 e. The minimum absolute atomic E-state index is 0.112. The van der Waals surface area contributed by atoms with Crippen molar-refractivity contribution in [3.8, 4) is 11.5 Å². The Hall–Kier alpha value is -2.82. The molecule has 0 aliphatic carbocycles. The molecule has 20 heavy (non-hydrogen) atoms. The number of carbonyl (C=O) groups excluding carboxylic acids is 1. The van der Waals surface area contributed by atoms with Crippen LogP contribution in [0.15, 0.2) is 53.6 Å². The zero-order valence-corrected chi connectivity index (χ0v) is 10.9. The number of carbonyl (C=O) groups is 1. The van der Waals surface area contributed by atoms with E-state index in [1.54, 1.807) is 13.2 Å². The Morgan fingerprint density at radius 1 is 1.25 bits per heavy atom. The first-order valence-corrected chi connectivity index (χ1v) is 5.95. The molecule has 5 heteroatoms. The fraction of sp³-hybridized carbons (Fsp3) is 0.0667. The van der Waals surface area contributed by atoms with Gasteiger partial charge in [-0.2, -0.15) is 5.10 Å². The molecule has 5 nitrogen and oxygen atoms in total. The number of nitrogens with zero attached hydrogens (tertiary/aromatic N) is 1. The Labute approximate surface area is 116 Å². The number of aromatic hydroxyl groups is 1. The van der Waals surface area contributed by atoms with Crippen LogP contribution in [0.3, 0.4) is 0 Å². The van der Waals surface area contributed by atoms with Crippen molar-refractivity contribution in [3.05, 3.63) is 59.7 Å². The molecule has 2 N–H and O–H groups in total. The molecule has 0 radical (unpaired) electrons. The predicted octanol–water partition coefficient (Wildman–Crippen LogP) is 2.16. The topological polar surface area (TPSA) is 70.9 Å². The van der Waals surface area contributed by atoms with Gasteiger partial charge in [0.15, 0.2) is 0 Å². The molecule has 0 aromatic heterocycles. The second kappa shape index (κ2) is 6.38. The molecule has 102 valence electrons. The number of nitrogens with one attached hydrogen (secondary N) is 1. The van der Waals surface area contributed by atoms with Crippen molar-refractivity contribution < 1.29 is 14.6 Å². The zero-order chi connectivity index (χ0) is 14.4. The number of amides is 1. The Bertz CT molecular complexity index is 621. The van der Waals surface area contributed by atoms with Crippen LogP contribution < -0.4 is 10.2 Å². The average molecular weight is 270 g/mol. The number of hydrazone groups is 1. The lowest BCUT2D eigenvalue weighted by molar-refractivity contribution is 0.0955. The number of rotatable bonds is 4. The van der Waals surface area contributed by atoms with E-state index in [9.17, 15) is 4.79 Å². The van der Waals surface area contributed by atoms with E-state index < -0.39 is 0 Å². The summed E-state index contributed by atoms with van der Waals surface area (Å²) in [4.78, 5) is 11.7. The molecule has 0 aliphatic rings. The first-order chi connectivity index (χ1) is 9.69. The monoisotopic (exact) mass is 270 g/mol. The first kappa shape index (κ1) is 13.6. The first-order valence-electron chi connectivity index (χ1n) is 5.95. The van der Waals surface area contributed by atoms with Gasteiger partial charge in [0, 0.05) is 5.56 Å². The highest BCUT2D eigenvalue weighted by Gasteiger charge is 2.03. The molecule has 1 amide bonds. The third-order valence-electron chi connectivity index (χ3n) is 2.60. The summed E-state index contributed by atoms with van der Waals surface area (Å²) in [7, 11) is 1.59. The summed E-state index contributed by atoms with van der Waals surface area (Å²) < 4.78 is 5.09. The van der Waals surface area contributed by atoms with E-state index >= 15 is 0 Å². The second-order valence-electron chi connectivity index (χ2n) is 4.02. The van der Waals surface area contributed by atoms with E-state index in [1.165, 1.54) is 30.5 Å². The van der Waals surface area contributed by atoms with E-state index in [4.69, 9.17) is 9.84 Å². The molecule has 0 aliphatic heterocycles. The number of phenols is 1. The molecule has 0 fully saturated rings. The van der Waals surface area contributed by atoms with Gasteiger partial charge in [-0.25, -0.2) is 5.43 Å². The number of benzene rings is 2. The fourth-order valence-corrected chi connectivity index (χ4v) is 1.56. The lowest BCUT2D eigenvalue weighted by atomic mass is 10.2. The Balaban J connectivity index is 1.98. The molecule has 0 atom stereocenters. The van der Waals surface area contributed by atoms with Gasteiger partial charge >= 0.3 is 0 Å². The third kappa shape index (κ3) is 3.58. The summed E-state index contributed by atoms with van der Waals surface area (Å²) >= 11 is 0. The number of hydrogen-bond donors (Lipinski definition) is 2. The van der Waals surface area contributed by atoms with Crippen LogP contribution in [0.25, 0.3) is 0 Å². The number of ether oxygens (including phenoxy) is 1. The van der Waals surface area contributed by atoms with E-state index in [0.717, 1.165) is 11.3 Å². The lowest BCUT2D eigenvalue weighted by Crippen LogP contribution is -2.17. The second-order valence-corrected chi connectivity index (χ2v) is 4.02. The Morgan fingerprint density at radius 3 is 2.70 bits per heavy atom. The fourth-order valence-electron chi connectivity index (χ4n) is 1.56. The highest BCUT2D eigenvalue weighted by atomic mass is 16.5. The minimum atomic E-state index is -0.343. The van der Waals surface area contributed by atoms with Crippen molar-refractivity contribution in [3.63, 3.8) is 0 Å². The summed E-state index contributed by atoms with van der Waals surface area (Å²) in [6, 6.07) is 13.2. The van der Waals surface area contributed by atoms with Crippen LogP contribution in [0.2, 0.25) is 0 Å². The predicted molar refractivity (Wildman–Crippen MR) is 76.2 cm³/mol. The van der Waals surface area contributed by atoms with Crippen molar-refractivity contribution in [2.75, 3.05) is 7.11 Å². The van der Waals surface area contributed by atoms with Gasteiger partial charge in [0.2, 0.25) is 0 Å². The van der Waals surface area contributed by atoms with Crippen LogP contribution in [-0.4, -0.2) is 24.3 Å².